The van der Waals surface area contributed by atoms with E-state index in [1.54, 1.807) is 6.92 Å². The molecular formula is C9H7BrFNO. The van der Waals surface area contributed by atoms with E-state index in [0.29, 0.717) is 5.56 Å². The molecule has 0 fully saturated rings. The summed E-state index contributed by atoms with van der Waals surface area (Å²) in [6.45, 7) is 1.68. The Morgan fingerprint density at radius 1 is 1.62 bits per heavy atom. The zero-order valence-electron chi connectivity index (χ0n) is 6.88. The molecule has 0 spiro atoms. The van der Waals surface area contributed by atoms with Gasteiger partial charge in [-0.1, -0.05) is 0 Å². The van der Waals surface area contributed by atoms with Gasteiger partial charge in [0.25, 0.3) is 0 Å². The van der Waals surface area contributed by atoms with Gasteiger partial charge in [0.15, 0.2) is 11.6 Å². The molecular weight excluding hydrogens is 237 g/mol. The van der Waals surface area contributed by atoms with E-state index in [-0.39, 0.29) is 10.4 Å². The number of nitriles is 1. The summed E-state index contributed by atoms with van der Waals surface area (Å²) >= 11 is 2.95. The van der Waals surface area contributed by atoms with Gasteiger partial charge >= 0.3 is 0 Å². The van der Waals surface area contributed by atoms with Crippen molar-refractivity contribution in [3.05, 3.63) is 28.0 Å². The summed E-state index contributed by atoms with van der Waals surface area (Å²) in [5.74, 6) is -1.50. The first-order chi connectivity index (χ1) is 6.06. The summed E-state index contributed by atoms with van der Waals surface area (Å²) in [6.07, 6.45) is 0. The van der Waals surface area contributed by atoms with E-state index in [4.69, 9.17) is 10.4 Å². The number of halogens is 2. The minimum atomic E-state index is -0.700. The Balaban J connectivity index is 3.22. The predicted molar refractivity (Wildman–Crippen MR) is 49.8 cm³/mol. The van der Waals surface area contributed by atoms with Crippen LogP contribution in [0.25, 0.3) is 0 Å². The maximum absolute atomic E-state index is 12.9. The first kappa shape index (κ1) is 10.0. The predicted octanol–water partition coefficient (Wildman–Crippen LogP) is 2.92. The van der Waals surface area contributed by atoms with Crippen LogP contribution in [0.15, 0.2) is 16.6 Å². The summed E-state index contributed by atoms with van der Waals surface area (Å²) in [6, 6.07) is 4.75. The molecule has 0 amide bonds. The third-order valence-electron chi connectivity index (χ3n) is 1.72. The smallest absolute Gasteiger partial charge is 0.178 e. The fourth-order valence-electron chi connectivity index (χ4n) is 0.919. The zero-order chi connectivity index (χ0) is 10.0. The molecule has 2 nitrogen and oxygen atoms in total. The van der Waals surface area contributed by atoms with Crippen LogP contribution in [-0.2, 0) is 0 Å². The van der Waals surface area contributed by atoms with E-state index >= 15 is 0 Å². The van der Waals surface area contributed by atoms with Gasteiger partial charge in [0.2, 0.25) is 0 Å². The van der Waals surface area contributed by atoms with Gasteiger partial charge in [0.05, 0.1) is 16.5 Å². The van der Waals surface area contributed by atoms with Gasteiger partial charge in [-0.25, -0.2) is 4.39 Å². The van der Waals surface area contributed by atoms with Gasteiger partial charge in [-0.3, -0.25) is 0 Å². The van der Waals surface area contributed by atoms with Gasteiger partial charge in [-0.2, -0.15) is 5.26 Å². The molecule has 0 aliphatic heterocycles. The van der Waals surface area contributed by atoms with Crippen molar-refractivity contribution in [3.63, 3.8) is 0 Å². The molecule has 1 rings (SSSR count). The second kappa shape index (κ2) is 3.75. The number of rotatable bonds is 1. The lowest BCUT2D eigenvalue weighted by Crippen LogP contribution is -1.91. The van der Waals surface area contributed by atoms with E-state index < -0.39 is 11.6 Å². The minimum absolute atomic E-state index is 0.171. The van der Waals surface area contributed by atoms with Crippen LogP contribution in [0.5, 0.6) is 5.75 Å². The third-order valence-corrected chi connectivity index (χ3v) is 2.30. The highest BCUT2D eigenvalue weighted by molar-refractivity contribution is 9.10. The van der Waals surface area contributed by atoms with Crippen LogP contribution in [-0.4, -0.2) is 5.11 Å². The molecule has 4 heteroatoms. The summed E-state index contributed by atoms with van der Waals surface area (Å²) in [4.78, 5) is 0. The normalized spacial score (nSPS) is 12.2. The summed E-state index contributed by atoms with van der Waals surface area (Å²) in [5.41, 5.74) is 0.591. The van der Waals surface area contributed by atoms with Crippen molar-refractivity contribution >= 4 is 15.9 Å². The lowest BCUT2D eigenvalue weighted by atomic mass is 10.0. The quantitative estimate of drug-likeness (QED) is 0.825. The molecule has 1 atom stereocenters. The Morgan fingerprint density at radius 3 is 2.69 bits per heavy atom. The van der Waals surface area contributed by atoms with Gasteiger partial charge in [-0.15, -0.1) is 0 Å². The van der Waals surface area contributed by atoms with Crippen LogP contribution in [0.4, 0.5) is 4.39 Å². The highest BCUT2D eigenvalue weighted by Crippen LogP contribution is 2.29. The summed E-state index contributed by atoms with van der Waals surface area (Å²) in [5, 5.41) is 17.7. The standard InChI is InChI=1S/C9H7BrFNO/c1-5(4-12)6-2-7(10)9(11)8(13)3-6/h2-3,5,13H,1H3. The number of phenols is 1. The average Bonchev–Trinajstić information content (AvgIpc) is 2.12. The second-order valence-corrected chi connectivity index (χ2v) is 3.54. The largest absolute Gasteiger partial charge is 0.505 e. The molecule has 1 unspecified atom stereocenters. The first-order valence-corrected chi connectivity index (χ1v) is 4.43. The molecule has 0 heterocycles. The monoisotopic (exact) mass is 243 g/mol. The van der Waals surface area contributed by atoms with E-state index in [0.717, 1.165) is 0 Å². The van der Waals surface area contributed by atoms with Gasteiger partial charge < -0.3 is 5.11 Å². The van der Waals surface area contributed by atoms with Crippen LogP contribution in [0.1, 0.15) is 18.4 Å². The Hall–Kier alpha value is -1.08. The molecule has 0 bridgehead atoms. The summed E-state index contributed by atoms with van der Waals surface area (Å²) < 4.78 is 13.1. The van der Waals surface area contributed by atoms with Crippen LogP contribution < -0.4 is 0 Å². The van der Waals surface area contributed by atoms with Gasteiger partial charge in [0, 0.05) is 0 Å². The average molecular weight is 244 g/mol. The highest BCUT2D eigenvalue weighted by atomic mass is 79.9. The maximum atomic E-state index is 12.9. The lowest BCUT2D eigenvalue weighted by Gasteiger charge is -2.05. The van der Waals surface area contributed by atoms with Crippen molar-refractivity contribution in [3.8, 4) is 11.8 Å². The fraction of sp³-hybridized carbons (Fsp3) is 0.222. The minimum Gasteiger partial charge on any atom is -0.505 e. The van der Waals surface area contributed by atoms with Crippen LogP contribution in [0.2, 0.25) is 0 Å². The van der Waals surface area contributed by atoms with Gasteiger partial charge in [-0.05, 0) is 40.5 Å². The molecule has 0 aliphatic rings. The number of hydrogen-bond acceptors (Lipinski definition) is 2. The number of hydrogen-bond donors (Lipinski definition) is 1. The second-order valence-electron chi connectivity index (χ2n) is 2.69. The van der Waals surface area contributed by atoms with Crippen LogP contribution in [0, 0.1) is 17.1 Å². The number of phenolic OH excluding ortho intramolecular Hbond substituents is 1. The molecule has 13 heavy (non-hydrogen) atoms. The topological polar surface area (TPSA) is 44.0 Å². The molecule has 0 aromatic heterocycles. The van der Waals surface area contributed by atoms with Crippen molar-refractivity contribution in [2.75, 3.05) is 0 Å². The molecule has 68 valence electrons. The van der Waals surface area contributed by atoms with Gasteiger partial charge in [0.1, 0.15) is 0 Å². The van der Waals surface area contributed by atoms with E-state index in [2.05, 4.69) is 15.9 Å². The van der Waals surface area contributed by atoms with Crippen LogP contribution in [0.3, 0.4) is 0 Å². The summed E-state index contributed by atoms with van der Waals surface area (Å²) in [7, 11) is 0. The number of benzene rings is 1. The molecule has 1 N–H and O–H groups in total. The zero-order valence-corrected chi connectivity index (χ0v) is 8.47. The highest BCUT2D eigenvalue weighted by Gasteiger charge is 2.11. The Morgan fingerprint density at radius 2 is 2.23 bits per heavy atom. The molecule has 0 radical (unpaired) electrons. The van der Waals surface area contributed by atoms with Crippen molar-refractivity contribution in [1.82, 2.24) is 0 Å². The maximum Gasteiger partial charge on any atom is 0.178 e. The van der Waals surface area contributed by atoms with Crippen molar-refractivity contribution in [1.29, 1.82) is 5.26 Å². The first-order valence-electron chi connectivity index (χ1n) is 3.63. The molecule has 0 saturated carbocycles. The molecule has 0 aliphatic carbocycles. The van der Waals surface area contributed by atoms with Crippen LogP contribution >= 0.6 is 15.9 Å². The number of aromatic hydroxyl groups is 1. The lowest BCUT2D eigenvalue weighted by molar-refractivity contribution is 0.429. The van der Waals surface area contributed by atoms with Crippen molar-refractivity contribution in [2.45, 2.75) is 12.8 Å². The Bertz CT molecular complexity index is 349. The molecule has 1 aromatic carbocycles. The van der Waals surface area contributed by atoms with Crippen molar-refractivity contribution < 1.29 is 9.50 Å². The Kier molecular flexibility index (Phi) is 2.89. The van der Waals surface area contributed by atoms with Crippen molar-refractivity contribution in [2.24, 2.45) is 0 Å². The van der Waals surface area contributed by atoms with E-state index in [9.17, 15) is 4.39 Å². The fourth-order valence-corrected chi connectivity index (χ4v) is 1.39. The Labute approximate surface area is 83.7 Å². The van der Waals surface area contributed by atoms with E-state index in [1.165, 1.54) is 12.1 Å². The molecule has 0 saturated heterocycles. The third kappa shape index (κ3) is 1.99. The molecule has 1 aromatic rings. The number of nitrogens with zero attached hydrogens (tertiary/aromatic N) is 1. The van der Waals surface area contributed by atoms with E-state index in [1.807, 2.05) is 6.07 Å². The SMILES string of the molecule is CC(C#N)c1cc(O)c(F)c(Br)c1.